The minimum atomic E-state index is -5.96. The zero-order valence-electron chi connectivity index (χ0n) is 20.6. The SMILES string of the molecule is CCCCCCOP(=O)(O)OP(=O)(O)OP(=O)(O)OP(=O)(O)OC[C@H]1O[C@@H](n2cc(C)c(=O)[nH]c2=O)CC1O. The van der Waals surface area contributed by atoms with Gasteiger partial charge in [0.05, 0.1) is 19.3 Å². The first-order valence-corrected chi connectivity index (χ1v) is 17.2. The van der Waals surface area contributed by atoms with Crippen LogP contribution in [0.5, 0.6) is 0 Å². The zero-order chi connectivity index (χ0) is 29.6. The number of phosphoric ester groups is 2. The molecule has 0 amide bonds. The number of hydrogen-bond donors (Lipinski definition) is 6. The van der Waals surface area contributed by atoms with Crippen LogP contribution in [-0.4, -0.2) is 59.7 Å². The van der Waals surface area contributed by atoms with Gasteiger partial charge in [0.15, 0.2) is 0 Å². The standard InChI is InChI=1S/C16H30N2O17P4/c1-3-4-5-6-7-30-36(22,23)33-38(26,27)35-39(28,29)34-37(24,25)31-10-13-12(19)8-14(32-13)18-9-11(2)15(20)17-16(18)21/h9,12-14,19H,3-8,10H2,1-2H3,(H,22,23)(H,24,25)(H,26,27)(H,28,29)(H,17,20,21)/t12?,13-,14-/m1/s1. The van der Waals surface area contributed by atoms with Gasteiger partial charge in [-0.15, -0.1) is 0 Å². The van der Waals surface area contributed by atoms with Crippen LogP contribution in [0.1, 0.15) is 50.8 Å². The number of aromatic nitrogens is 2. The highest BCUT2D eigenvalue weighted by molar-refractivity contribution is 7.69. The van der Waals surface area contributed by atoms with Crippen LogP contribution in [0.25, 0.3) is 0 Å². The average Bonchev–Trinajstić information content (AvgIpc) is 3.12. The van der Waals surface area contributed by atoms with E-state index in [0.717, 1.165) is 17.4 Å². The summed E-state index contributed by atoms with van der Waals surface area (Å²) in [7, 11) is -22.7. The number of nitrogens with zero attached hydrogens (tertiary/aromatic N) is 1. The van der Waals surface area contributed by atoms with Gasteiger partial charge in [0.2, 0.25) is 0 Å². The third kappa shape index (κ3) is 11.5. The van der Waals surface area contributed by atoms with Crippen LogP contribution in [0.15, 0.2) is 15.8 Å². The van der Waals surface area contributed by atoms with Gasteiger partial charge in [-0.2, -0.15) is 12.9 Å². The predicted octanol–water partition coefficient (Wildman–Crippen LogP) is 1.56. The Morgan fingerprint density at radius 1 is 0.949 bits per heavy atom. The Balaban J connectivity index is 1.93. The summed E-state index contributed by atoms with van der Waals surface area (Å²) in [5.74, 6) is 0. The zero-order valence-corrected chi connectivity index (χ0v) is 24.2. The number of hydrogen-bond acceptors (Lipinski definition) is 13. The smallest absolute Gasteiger partial charge is 0.390 e. The van der Waals surface area contributed by atoms with Crippen molar-refractivity contribution in [2.24, 2.45) is 0 Å². The van der Waals surface area contributed by atoms with E-state index in [-0.39, 0.29) is 18.6 Å². The second-order valence-corrected chi connectivity index (χ2v) is 14.4. The van der Waals surface area contributed by atoms with Crippen LogP contribution in [-0.2, 0) is 45.0 Å². The largest absolute Gasteiger partial charge is 0.490 e. The number of aryl methyl sites for hydroxylation is 1. The van der Waals surface area contributed by atoms with Crippen LogP contribution in [0.3, 0.4) is 0 Å². The molecule has 39 heavy (non-hydrogen) atoms. The molecule has 0 bridgehead atoms. The lowest BCUT2D eigenvalue weighted by Gasteiger charge is -2.21. The van der Waals surface area contributed by atoms with Crippen molar-refractivity contribution in [3.05, 3.63) is 32.6 Å². The summed E-state index contributed by atoms with van der Waals surface area (Å²) >= 11 is 0. The van der Waals surface area contributed by atoms with E-state index in [1.54, 1.807) is 0 Å². The van der Waals surface area contributed by atoms with Crippen molar-refractivity contribution in [2.45, 2.75) is 64.4 Å². The van der Waals surface area contributed by atoms with Gasteiger partial charge < -0.3 is 29.4 Å². The van der Waals surface area contributed by atoms with Crippen LogP contribution in [0.2, 0.25) is 0 Å². The lowest BCUT2D eigenvalue weighted by Crippen LogP contribution is -2.33. The summed E-state index contributed by atoms with van der Waals surface area (Å²) < 4.78 is 74.5. The molecular formula is C16H30N2O17P4. The quantitative estimate of drug-likeness (QED) is 0.110. The van der Waals surface area contributed by atoms with E-state index in [1.165, 1.54) is 13.1 Å². The van der Waals surface area contributed by atoms with Crippen LogP contribution in [0, 0.1) is 6.92 Å². The highest BCUT2D eigenvalue weighted by atomic mass is 31.3. The van der Waals surface area contributed by atoms with E-state index in [4.69, 9.17) is 4.74 Å². The number of aliphatic hydroxyl groups is 1. The molecule has 1 aromatic heterocycles. The fourth-order valence-electron chi connectivity index (χ4n) is 3.18. The molecule has 7 atom stereocenters. The molecule has 226 valence electrons. The number of rotatable bonds is 16. The van der Waals surface area contributed by atoms with Crippen molar-refractivity contribution < 1.29 is 69.7 Å². The van der Waals surface area contributed by atoms with E-state index < -0.39 is 67.6 Å². The first kappa shape index (κ1) is 34.4. The molecule has 1 fully saturated rings. The fourth-order valence-corrected chi connectivity index (χ4v) is 8.16. The van der Waals surface area contributed by atoms with Crippen LogP contribution < -0.4 is 11.2 Å². The highest BCUT2D eigenvalue weighted by Gasteiger charge is 2.46. The summed E-state index contributed by atoms with van der Waals surface area (Å²) in [4.78, 5) is 63.9. The Kier molecular flexibility index (Phi) is 12.2. The third-order valence-corrected chi connectivity index (χ3v) is 10.9. The number of phosphoric acid groups is 4. The molecule has 6 N–H and O–H groups in total. The summed E-state index contributed by atoms with van der Waals surface area (Å²) in [6.45, 7) is 2.02. The number of H-pyrrole nitrogens is 1. The van der Waals surface area contributed by atoms with Crippen molar-refractivity contribution in [2.75, 3.05) is 13.2 Å². The normalized spacial score (nSPS) is 25.9. The second-order valence-electron chi connectivity index (χ2n) is 8.22. The van der Waals surface area contributed by atoms with Gasteiger partial charge in [0.1, 0.15) is 12.3 Å². The lowest BCUT2D eigenvalue weighted by atomic mass is 10.2. The molecule has 0 radical (unpaired) electrons. The Morgan fingerprint density at radius 3 is 2.10 bits per heavy atom. The summed E-state index contributed by atoms with van der Waals surface area (Å²) in [5.41, 5.74) is -1.34. The van der Waals surface area contributed by atoms with Crippen molar-refractivity contribution in [3.8, 4) is 0 Å². The van der Waals surface area contributed by atoms with E-state index in [2.05, 4.69) is 22.0 Å². The van der Waals surface area contributed by atoms with Crippen molar-refractivity contribution in [1.29, 1.82) is 0 Å². The van der Waals surface area contributed by atoms with Gasteiger partial charge in [-0.3, -0.25) is 23.4 Å². The van der Waals surface area contributed by atoms with E-state index in [1.807, 2.05) is 11.9 Å². The molecule has 0 saturated carbocycles. The lowest BCUT2D eigenvalue weighted by molar-refractivity contribution is -0.0450. The molecule has 2 heterocycles. The Hall–Kier alpha value is -0.840. The van der Waals surface area contributed by atoms with E-state index >= 15 is 0 Å². The van der Waals surface area contributed by atoms with Gasteiger partial charge in [0, 0.05) is 18.2 Å². The Bertz CT molecular complexity index is 1300. The van der Waals surface area contributed by atoms with Crippen molar-refractivity contribution in [3.63, 3.8) is 0 Å². The molecule has 0 aromatic carbocycles. The topological polar surface area (TPSA) is 280 Å². The molecule has 1 aliphatic heterocycles. The van der Waals surface area contributed by atoms with Crippen molar-refractivity contribution >= 4 is 31.3 Å². The number of unbranched alkanes of at least 4 members (excludes halogenated alkanes) is 3. The number of nitrogens with one attached hydrogen (secondary N) is 1. The Morgan fingerprint density at radius 2 is 1.51 bits per heavy atom. The minimum Gasteiger partial charge on any atom is -0.390 e. The molecule has 5 unspecified atom stereocenters. The summed E-state index contributed by atoms with van der Waals surface area (Å²) in [6.07, 6.45) is -0.373. The molecule has 1 saturated heterocycles. The fraction of sp³-hybridized carbons (Fsp3) is 0.750. The molecule has 0 aliphatic carbocycles. The highest BCUT2D eigenvalue weighted by Crippen LogP contribution is 2.71. The number of ether oxygens (including phenoxy) is 1. The van der Waals surface area contributed by atoms with Crippen LogP contribution in [0.4, 0.5) is 0 Å². The number of aromatic amines is 1. The maximum atomic E-state index is 12.1. The van der Waals surface area contributed by atoms with E-state index in [0.29, 0.717) is 12.8 Å². The maximum absolute atomic E-state index is 12.1. The van der Waals surface area contributed by atoms with Gasteiger partial charge >= 0.3 is 37.0 Å². The van der Waals surface area contributed by atoms with Gasteiger partial charge in [-0.05, 0) is 13.3 Å². The van der Waals surface area contributed by atoms with Gasteiger partial charge in [-0.1, -0.05) is 26.2 Å². The molecule has 0 spiro atoms. The summed E-state index contributed by atoms with van der Waals surface area (Å²) in [5, 5.41) is 10.1. The number of aliphatic hydroxyl groups excluding tert-OH is 1. The molecule has 2 rings (SSSR count). The Labute approximate surface area is 221 Å². The average molecular weight is 646 g/mol. The summed E-state index contributed by atoms with van der Waals surface area (Å²) in [6, 6.07) is 0. The van der Waals surface area contributed by atoms with Crippen LogP contribution >= 0.6 is 31.3 Å². The third-order valence-electron chi connectivity index (χ3n) is 4.93. The molecule has 23 heteroatoms. The van der Waals surface area contributed by atoms with Gasteiger partial charge in [0.25, 0.3) is 5.56 Å². The molecule has 1 aliphatic rings. The second kappa shape index (κ2) is 13.9. The van der Waals surface area contributed by atoms with E-state index in [9.17, 15) is 52.5 Å². The minimum absolute atomic E-state index is 0.153. The molecule has 19 nitrogen and oxygen atoms in total. The molecular weight excluding hydrogens is 616 g/mol. The van der Waals surface area contributed by atoms with Gasteiger partial charge in [-0.25, -0.2) is 23.1 Å². The molecule has 1 aromatic rings. The predicted molar refractivity (Wildman–Crippen MR) is 129 cm³/mol. The first-order chi connectivity index (χ1) is 17.9. The maximum Gasteiger partial charge on any atom is 0.490 e. The van der Waals surface area contributed by atoms with Crippen molar-refractivity contribution in [1.82, 2.24) is 9.55 Å². The monoisotopic (exact) mass is 646 g/mol. The first-order valence-electron chi connectivity index (χ1n) is 11.2.